The van der Waals surface area contributed by atoms with Crippen LogP contribution in [0.25, 0.3) is 43.1 Å². The fraction of sp³-hybridized carbons (Fsp3) is 0.172. The van der Waals surface area contributed by atoms with Gasteiger partial charge in [0, 0.05) is 46.1 Å². The minimum atomic E-state index is -0.316. The minimum Gasteiger partial charge on any atom is -0.277 e. The lowest BCUT2D eigenvalue weighted by Crippen LogP contribution is -2.45. The van der Waals surface area contributed by atoms with Crippen LogP contribution in [0.15, 0.2) is 48.5 Å². The molecule has 0 aromatic heterocycles. The Morgan fingerprint density at radius 1 is 0.571 bits per heavy atom. The third-order valence-electron chi connectivity index (χ3n) is 7.90. The number of benzene rings is 5. The first-order chi connectivity index (χ1) is 16.8. The Balaban J connectivity index is 1.67. The van der Waals surface area contributed by atoms with Crippen LogP contribution >= 0.6 is 0 Å². The van der Waals surface area contributed by atoms with Gasteiger partial charge in [-0.3, -0.25) is 29.0 Å². The number of fused-ring (bicyclic) bond motifs is 2. The lowest BCUT2D eigenvalue weighted by atomic mass is 9.82. The molecular formula is C29H20N2O4. The zero-order valence-corrected chi connectivity index (χ0v) is 19.4. The highest BCUT2D eigenvalue weighted by Gasteiger charge is 2.37. The third kappa shape index (κ3) is 2.20. The molecule has 2 heterocycles. The number of hydrogen-bond donors (Lipinski definition) is 0. The average molecular weight is 460 g/mol. The fourth-order valence-corrected chi connectivity index (χ4v) is 5.99. The Labute approximate surface area is 200 Å². The van der Waals surface area contributed by atoms with E-state index in [1.54, 1.807) is 24.3 Å². The second-order valence-electron chi connectivity index (χ2n) is 9.55. The SMILES string of the molecule is CCC(C)N1C(=O)c2ccc3c4ccc5c6c(ccc(c7ccc(c2c37)C1=O)c64)C(=O)N(C)C5=O. The molecule has 35 heavy (non-hydrogen) atoms. The summed E-state index contributed by atoms with van der Waals surface area (Å²) in [5, 5.41) is 6.66. The van der Waals surface area contributed by atoms with Crippen LogP contribution in [-0.4, -0.2) is 46.5 Å². The van der Waals surface area contributed by atoms with E-state index in [0.29, 0.717) is 39.4 Å². The zero-order valence-electron chi connectivity index (χ0n) is 19.4. The molecule has 0 spiro atoms. The first kappa shape index (κ1) is 20.1. The Kier molecular flexibility index (Phi) is 3.68. The Hall–Kier alpha value is -4.32. The Morgan fingerprint density at radius 3 is 1.26 bits per heavy atom. The number of hydrogen-bond acceptors (Lipinski definition) is 4. The maximum Gasteiger partial charge on any atom is 0.261 e. The number of rotatable bonds is 2. The van der Waals surface area contributed by atoms with Gasteiger partial charge in [0.05, 0.1) is 0 Å². The molecule has 2 aliphatic heterocycles. The van der Waals surface area contributed by atoms with E-state index in [4.69, 9.17) is 0 Å². The predicted molar refractivity (Wildman–Crippen MR) is 134 cm³/mol. The van der Waals surface area contributed by atoms with Gasteiger partial charge in [0.15, 0.2) is 0 Å². The monoisotopic (exact) mass is 460 g/mol. The molecule has 0 radical (unpaired) electrons. The van der Waals surface area contributed by atoms with Crippen LogP contribution < -0.4 is 0 Å². The van der Waals surface area contributed by atoms with Crippen molar-refractivity contribution >= 4 is 66.7 Å². The molecule has 0 saturated heterocycles. The van der Waals surface area contributed by atoms with E-state index >= 15 is 0 Å². The van der Waals surface area contributed by atoms with Gasteiger partial charge in [0.2, 0.25) is 0 Å². The molecule has 170 valence electrons. The van der Waals surface area contributed by atoms with Gasteiger partial charge in [-0.2, -0.15) is 0 Å². The topological polar surface area (TPSA) is 74.8 Å². The van der Waals surface area contributed by atoms with Crippen LogP contribution in [0, 0.1) is 0 Å². The van der Waals surface area contributed by atoms with E-state index in [-0.39, 0.29) is 29.7 Å². The van der Waals surface area contributed by atoms with Crippen LogP contribution in [-0.2, 0) is 0 Å². The lowest BCUT2D eigenvalue weighted by molar-refractivity contribution is 0.0546. The summed E-state index contributed by atoms with van der Waals surface area (Å²) < 4.78 is 0. The van der Waals surface area contributed by atoms with Gasteiger partial charge < -0.3 is 0 Å². The molecule has 6 heteroatoms. The standard InChI is InChI=1S/C29H20N2O4/c1-4-13(2)31-28(34)20-11-7-16-14-5-9-18-24-19(27(33)30(3)26(18)32)10-6-15(22(14)24)17-8-12-21(29(31)35)25(20)23(16)17/h5-13H,4H2,1-3H3. The molecule has 1 atom stereocenters. The number of carbonyl (C=O) groups excluding carboxylic acids is 4. The molecule has 0 fully saturated rings. The average Bonchev–Trinajstić information content (AvgIpc) is 2.88. The van der Waals surface area contributed by atoms with Crippen molar-refractivity contribution in [2.75, 3.05) is 7.05 Å². The highest BCUT2D eigenvalue weighted by atomic mass is 16.2. The van der Waals surface area contributed by atoms with Crippen molar-refractivity contribution < 1.29 is 19.2 Å². The molecule has 2 aliphatic rings. The number of imide groups is 2. The highest BCUT2D eigenvalue weighted by Crippen LogP contribution is 2.46. The zero-order chi connectivity index (χ0) is 24.3. The molecule has 0 N–H and O–H groups in total. The molecular weight excluding hydrogens is 440 g/mol. The molecule has 1 unspecified atom stereocenters. The van der Waals surface area contributed by atoms with Gasteiger partial charge in [0.1, 0.15) is 0 Å². The molecule has 4 amide bonds. The van der Waals surface area contributed by atoms with E-state index in [0.717, 1.165) is 37.2 Å². The van der Waals surface area contributed by atoms with Gasteiger partial charge in [-0.1, -0.05) is 31.2 Å². The van der Waals surface area contributed by atoms with Crippen LogP contribution in [0.4, 0.5) is 0 Å². The highest BCUT2D eigenvalue weighted by molar-refractivity contribution is 6.41. The van der Waals surface area contributed by atoms with Crippen molar-refractivity contribution in [3.63, 3.8) is 0 Å². The van der Waals surface area contributed by atoms with Crippen molar-refractivity contribution in [2.24, 2.45) is 0 Å². The second-order valence-corrected chi connectivity index (χ2v) is 9.55. The molecule has 5 aromatic carbocycles. The van der Waals surface area contributed by atoms with E-state index in [1.165, 1.54) is 11.9 Å². The summed E-state index contributed by atoms with van der Waals surface area (Å²) in [5.74, 6) is -1.17. The van der Waals surface area contributed by atoms with Crippen molar-refractivity contribution in [3.05, 3.63) is 70.8 Å². The minimum absolute atomic E-state index is 0.199. The molecule has 0 bridgehead atoms. The van der Waals surface area contributed by atoms with Crippen LogP contribution in [0.1, 0.15) is 61.7 Å². The van der Waals surface area contributed by atoms with E-state index in [9.17, 15) is 19.2 Å². The summed E-state index contributed by atoms with van der Waals surface area (Å²) >= 11 is 0. The smallest absolute Gasteiger partial charge is 0.261 e. The molecule has 6 nitrogen and oxygen atoms in total. The van der Waals surface area contributed by atoms with Crippen molar-refractivity contribution in [2.45, 2.75) is 26.3 Å². The van der Waals surface area contributed by atoms with E-state index in [2.05, 4.69) is 0 Å². The molecule has 0 aliphatic carbocycles. The summed E-state index contributed by atoms with van der Waals surface area (Å²) in [7, 11) is 1.50. The van der Waals surface area contributed by atoms with Crippen molar-refractivity contribution in [1.29, 1.82) is 0 Å². The van der Waals surface area contributed by atoms with Gasteiger partial charge in [0.25, 0.3) is 23.6 Å². The van der Waals surface area contributed by atoms with Crippen molar-refractivity contribution in [1.82, 2.24) is 9.80 Å². The normalized spacial score (nSPS) is 16.5. The summed E-state index contributed by atoms with van der Waals surface area (Å²) in [6.07, 6.45) is 0.679. The van der Waals surface area contributed by atoms with Crippen LogP contribution in [0.5, 0.6) is 0 Å². The molecule has 7 rings (SSSR count). The molecule has 5 aromatic rings. The van der Waals surface area contributed by atoms with E-state index in [1.807, 2.05) is 38.1 Å². The Bertz CT molecular complexity index is 1730. The number of carbonyl (C=O) groups is 4. The van der Waals surface area contributed by atoms with E-state index < -0.39 is 0 Å². The van der Waals surface area contributed by atoms with Crippen LogP contribution in [0.2, 0.25) is 0 Å². The predicted octanol–water partition coefficient (Wildman–Crippen LogP) is 5.36. The largest absolute Gasteiger partial charge is 0.277 e. The molecule has 0 saturated carbocycles. The first-order valence-corrected chi connectivity index (χ1v) is 11.8. The maximum atomic E-state index is 13.4. The summed E-state index contributed by atoms with van der Waals surface area (Å²) in [4.78, 5) is 55.3. The summed E-state index contributed by atoms with van der Waals surface area (Å²) in [6.45, 7) is 3.85. The fourth-order valence-electron chi connectivity index (χ4n) is 5.99. The lowest BCUT2D eigenvalue weighted by Gasteiger charge is -2.32. The van der Waals surface area contributed by atoms with Crippen molar-refractivity contribution in [3.8, 4) is 0 Å². The van der Waals surface area contributed by atoms with Gasteiger partial charge in [-0.05, 0) is 69.9 Å². The van der Waals surface area contributed by atoms with Gasteiger partial charge >= 0.3 is 0 Å². The van der Waals surface area contributed by atoms with Crippen LogP contribution in [0.3, 0.4) is 0 Å². The Morgan fingerprint density at radius 2 is 0.914 bits per heavy atom. The first-order valence-electron chi connectivity index (χ1n) is 11.8. The van der Waals surface area contributed by atoms with Gasteiger partial charge in [-0.25, -0.2) is 0 Å². The second kappa shape index (κ2) is 6.42. The quantitative estimate of drug-likeness (QED) is 0.202. The number of amides is 4. The summed E-state index contributed by atoms with van der Waals surface area (Å²) in [5.41, 5.74) is 2.07. The third-order valence-corrected chi connectivity index (χ3v) is 7.90. The summed E-state index contributed by atoms with van der Waals surface area (Å²) in [6, 6.07) is 14.7. The number of nitrogens with zero attached hydrogens (tertiary/aromatic N) is 2. The van der Waals surface area contributed by atoms with Gasteiger partial charge in [-0.15, -0.1) is 0 Å². The maximum absolute atomic E-state index is 13.4.